The molecular weight excluding hydrogens is 398 g/mol. The SMILES string of the molecule is O=C(CCN1C(=O)[C@@H]2CC=CC[C@H]2C1=O)OCC(=O)N1CCN(c2ccccc2)CC1. The van der Waals surface area contributed by atoms with Crippen LogP contribution in [-0.2, 0) is 23.9 Å². The Morgan fingerprint density at radius 2 is 1.52 bits per heavy atom. The summed E-state index contributed by atoms with van der Waals surface area (Å²) in [5.74, 6) is -1.83. The van der Waals surface area contributed by atoms with E-state index in [0.717, 1.165) is 18.8 Å². The molecule has 0 spiro atoms. The largest absolute Gasteiger partial charge is 0.456 e. The molecule has 0 bridgehead atoms. The molecule has 0 unspecified atom stereocenters. The number of nitrogens with zero attached hydrogens (tertiary/aromatic N) is 3. The van der Waals surface area contributed by atoms with Gasteiger partial charge in [-0.25, -0.2) is 0 Å². The van der Waals surface area contributed by atoms with Crippen molar-refractivity contribution in [1.82, 2.24) is 9.80 Å². The summed E-state index contributed by atoms with van der Waals surface area (Å²) in [4.78, 5) is 54.4. The van der Waals surface area contributed by atoms with Gasteiger partial charge in [0.2, 0.25) is 11.8 Å². The molecule has 1 aliphatic carbocycles. The summed E-state index contributed by atoms with van der Waals surface area (Å²) in [6.07, 6.45) is 4.90. The molecule has 8 heteroatoms. The number of imide groups is 1. The number of carbonyl (C=O) groups is 4. The molecule has 0 N–H and O–H groups in total. The lowest BCUT2D eigenvalue weighted by molar-refractivity contribution is -0.153. The molecule has 2 heterocycles. The van der Waals surface area contributed by atoms with Crippen LogP contribution in [0.25, 0.3) is 0 Å². The number of esters is 1. The zero-order valence-electron chi connectivity index (χ0n) is 17.4. The molecule has 8 nitrogen and oxygen atoms in total. The molecule has 2 atom stereocenters. The van der Waals surface area contributed by atoms with Gasteiger partial charge in [-0.15, -0.1) is 0 Å². The fraction of sp³-hybridized carbons (Fsp3) is 0.478. The minimum Gasteiger partial charge on any atom is -0.456 e. The Morgan fingerprint density at radius 3 is 2.13 bits per heavy atom. The van der Waals surface area contributed by atoms with Crippen LogP contribution in [-0.4, -0.2) is 72.8 Å². The van der Waals surface area contributed by atoms with Crippen LogP contribution in [0.1, 0.15) is 19.3 Å². The van der Waals surface area contributed by atoms with Gasteiger partial charge in [0.25, 0.3) is 5.91 Å². The van der Waals surface area contributed by atoms with Crippen molar-refractivity contribution in [3.05, 3.63) is 42.5 Å². The number of carbonyl (C=O) groups excluding carboxylic acids is 4. The van der Waals surface area contributed by atoms with E-state index < -0.39 is 5.97 Å². The van der Waals surface area contributed by atoms with Crippen LogP contribution < -0.4 is 4.90 Å². The second-order valence-corrected chi connectivity index (χ2v) is 8.10. The molecule has 3 aliphatic rings. The maximum absolute atomic E-state index is 12.4. The number of likely N-dealkylation sites (tertiary alicyclic amines) is 1. The number of hydrogen-bond donors (Lipinski definition) is 0. The lowest BCUT2D eigenvalue weighted by atomic mass is 9.85. The second kappa shape index (κ2) is 9.32. The van der Waals surface area contributed by atoms with Gasteiger partial charge in [-0.2, -0.15) is 0 Å². The summed E-state index contributed by atoms with van der Waals surface area (Å²) in [5, 5.41) is 0. The molecule has 3 amide bonds. The number of hydrogen-bond acceptors (Lipinski definition) is 6. The highest BCUT2D eigenvalue weighted by molar-refractivity contribution is 6.05. The molecule has 1 aromatic carbocycles. The predicted molar refractivity (Wildman–Crippen MR) is 113 cm³/mol. The summed E-state index contributed by atoms with van der Waals surface area (Å²) in [5.41, 5.74) is 1.13. The van der Waals surface area contributed by atoms with Crippen molar-refractivity contribution in [3.8, 4) is 0 Å². The highest BCUT2D eigenvalue weighted by Crippen LogP contribution is 2.35. The molecule has 2 aliphatic heterocycles. The van der Waals surface area contributed by atoms with E-state index in [-0.39, 0.29) is 49.1 Å². The number of fused-ring (bicyclic) bond motifs is 1. The van der Waals surface area contributed by atoms with E-state index in [1.54, 1.807) is 4.90 Å². The average Bonchev–Trinajstić information content (AvgIpc) is 3.06. The first-order valence-electron chi connectivity index (χ1n) is 10.8. The number of para-hydroxylation sites is 1. The van der Waals surface area contributed by atoms with Crippen molar-refractivity contribution in [2.45, 2.75) is 19.3 Å². The molecule has 31 heavy (non-hydrogen) atoms. The number of piperazine rings is 1. The summed E-state index contributed by atoms with van der Waals surface area (Å²) in [6.45, 7) is 2.27. The first-order chi connectivity index (χ1) is 15.0. The van der Waals surface area contributed by atoms with Gasteiger partial charge < -0.3 is 14.5 Å². The number of amides is 3. The summed E-state index contributed by atoms with van der Waals surface area (Å²) < 4.78 is 5.11. The summed E-state index contributed by atoms with van der Waals surface area (Å²) in [6, 6.07) is 10.0. The predicted octanol–water partition coefficient (Wildman–Crippen LogP) is 1.22. The lowest BCUT2D eigenvalue weighted by Crippen LogP contribution is -2.50. The molecule has 0 saturated carbocycles. The maximum Gasteiger partial charge on any atom is 0.308 e. The monoisotopic (exact) mass is 425 g/mol. The van der Waals surface area contributed by atoms with Crippen LogP contribution in [0.15, 0.2) is 42.5 Å². The van der Waals surface area contributed by atoms with Crippen LogP contribution in [0.4, 0.5) is 5.69 Å². The van der Waals surface area contributed by atoms with Crippen LogP contribution >= 0.6 is 0 Å². The van der Waals surface area contributed by atoms with Gasteiger partial charge in [0.05, 0.1) is 18.3 Å². The first-order valence-corrected chi connectivity index (χ1v) is 10.8. The Hall–Kier alpha value is -3.16. The van der Waals surface area contributed by atoms with E-state index in [4.69, 9.17) is 4.74 Å². The van der Waals surface area contributed by atoms with E-state index >= 15 is 0 Å². The molecule has 1 aromatic rings. The molecular formula is C23H27N3O5. The summed E-state index contributed by atoms with van der Waals surface area (Å²) >= 11 is 0. The summed E-state index contributed by atoms with van der Waals surface area (Å²) in [7, 11) is 0. The highest BCUT2D eigenvalue weighted by Gasteiger charge is 2.46. The Kier molecular flexibility index (Phi) is 6.34. The van der Waals surface area contributed by atoms with Crippen molar-refractivity contribution in [3.63, 3.8) is 0 Å². The first kappa shape index (κ1) is 21.1. The van der Waals surface area contributed by atoms with E-state index in [1.165, 1.54) is 4.90 Å². The molecule has 2 fully saturated rings. The van der Waals surface area contributed by atoms with Gasteiger partial charge in [-0.05, 0) is 25.0 Å². The van der Waals surface area contributed by atoms with Crippen LogP contribution in [0.3, 0.4) is 0 Å². The van der Waals surface area contributed by atoms with Gasteiger partial charge in [-0.1, -0.05) is 30.4 Å². The van der Waals surface area contributed by atoms with E-state index in [0.29, 0.717) is 25.9 Å². The Balaban J connectivity index is 1.18. The molecule has 0 aromatic heterocycles. The average molecular weight is 425 g/mol. The minimum atomic E-state index is -0.579. The Labute approximate surface area is 181 Å². The van der Waals surface area contributed by atoms with Gasteiger partial charge in [0, 0.05) is 38.4 Å². The fourth-order valence-electron chi connectivity index (χ4n) is 4.45. The zero-order valence-corrected chi connectivity index (χ0v) is 17.4. The van der Waals surface area contributed by atoms with E-state index in [2.05, 4.69) is 4.90 Å². The van der Waals surface area contributed by atoms with Crippen molar-refractivity contribution in [2.75, 3.05) is 44.2 Å². The standard InChI is InChI=1S/C23H27N3O5/c27-20(25-14-12-24(13-15-25)17-6-2-1-3-7-17)16-31-21(28)10-11-26-22(29)18-8-4-5-9-19(18)23(26)30/h1-7,18-19H,8-16H2/t18-,19-/m1/s1. The number of anilines is 1. The van der Waals surface area contributed by atoms with E-state index in [1.807, 2.05) is 42.5 Å². The Morgan fingerprint density at radius 1 is 0.903 bits per heavy atom. The maximum atomic E-state index is 12.4. The second-order valence-electron chi connectivity index (χ2n) is 8.10. The van der Waals surface area contributed by atoms with Crippen molar-refractivity contribution >= 4 is 29.4 Å². The minimum absolute atomic E-state index is 0.00738. The zero-order chi connectivity index (χ0) is 21.8. The van der Waals surface area contributed by atoms with Gasteiger partial charge in [0.15, 0.2) is 6.61 Å². The number of ether oxygens (including phenoxy) is 1. The topological polar surface area (TPSA) is 87.2 Å². The van der Waals surface area contributed by atoms with Gasteiger partial charge in [0.1, 0.15) is 0 Å². The Bertz CT molecular complexity index is 850. The van der Waals surface area contributed by atoms with E-state index in [9.17, 15) is 19.2 Å². The fourth-order valence-corrected chi connectivity index (χ4v) is 4.45. The van der Waals surface area contributed by atoms with Crippen molar-refractivity contribution in [2.24, 2.45) is 11.8 Å². The van der Waals surface area contributed by atoms with Crippen molar-refractivity contribution < 1.29 is 23.9 Å². The highest BCUT2D eigenvalue weighted by atomic mass is 16.5. The number of rotatable bonds is 6. The third-order valence-electron chi connectivity index (χ3n) is 6.25. The number of allylic oxidation sites excluding steroid dienone is 2. The van der Waals surface area contributed by atoms with Gasteiger partial charge >= 0.3 is 5.97 Å². The third kappa shape index (κ3) is 4.62. The molecule has 164 valence electrons. The number of benzene rings is 1. The normalized spacial score (nSPS) is 23.2. The lowest BCUT2D eigenvalue weighted by Gasteiger charge is -2.36. The van der Waals surface area contributed by atoms with Crippen LogP contribution in [0.5, 0.6) is 0 Å². The molecule has 4 rings (SSSR count). The smallest absolute Gasteiger partial charge is 0.308 e. The van der Waals surface area contributed by atoms with Crippen LogP contribution in [0, 0.1) is 11.8 Å². The van der Waals surface area contributed by atoms with Gasteiger partial charge in [-0.3, -0.25) is 24.1 Å². The van der Waals surface area contributed by atoms with Crippen LogP contribution in [0.2, 0.25) is 0 Å². The third-order valence-corrected chi connectivity index (χ3v) is 6.25. The quantitative estimate of drug-likeness (QED) is 0.387. The van der Waals surface area contributed by atoms with Crippen molar-refractivity contribution in [1.29, 1.82) is 0 Å². The molecule has 0 radical (unpaired) electrons. The molecule has 2 saturated heterocycles.